The lowest BCUT2D eigenvalue weighted by Gasteiger charge is -2.20. The molecule has 2 nitrogen and oxygen atoms in total. The predicted molar refractivity (Wildman–Crippen MR) is 92.2 cm³/mol. The van der Waals surface area contributed by atoms with E-state index in [9.17, 15) is 5.11 Å². The zero-order valence-electron chi connectivity index (χ0n) is 12.6. The molecule has 3 heteroatoms. The molecule has 0 atom stereocenters. The Morgan fingerprint density at radius 3 is 2.43 bits per heavy atom. The number of hydrogen-bond donors (Lipinski definition) is 1. The van der Waals surface area contributed by atoms with Gasteiger partial charge in [-0.2, -0.15) is 0 Å². The number of benzene rings is 2. The standard InChI is InChI=1S/C18H20BrNO/c1-18(2,3)15-9-14(17(21)16(19)10-15)12-20-11-13-7-5-4-6-8-13/h4-10,12,21H,11H2,1-3H3. The monoisotopic (exact) mass is 345 g/mol. The van der Waals surface area contributed by atoms with Gasteiger partial charge in [-0.25, -0.2) is 0 Å². The normalized spacial score (nSPS) is 12.0. The maximum atomic E-state index is 10.1. The molecule has 21 heavy (non-hydrogen) atoms. The van der Waals surface area contributed by atoms with Crippen LogP contribution in [0.1, 0.15) is 37.5 Å². The number of rotatable bonds is 3. The van der Waals surface area contributed by atoms with Gasteiger partial charge in [-0.3, -0.25) is 4.99 Å². The van der Waals surface area contributed by atoms with Crippen molar-refractivity contribution in [2.75, 3.05) is 0 Å². The Labute approximate surface area is 134 Å². The fraction of sp³-hybridized carbons (Fsp3) is 0.278. The first-order valence-electron chi connectivity index (χ1n) is 6.94. The van der Waals surface area contributed by atoms with E-state index in [4.69, 9.17) is 0 Å². The minimum Gasteiger partial charge on any atom is -0.506 e. The highest BCUT2D eigenvalue weighted by Crippen LogP contribution is 2.33. The molecule has 0 amide bonds. The molecule has 2 aromatic rings. The third-order valence-corrected chi connectivity index (χ3v) is 3.91. The van der Waals surface area contributed by atoms with Crippen molar-refractivity contribution < 1.29 is 5.11 Å². The van der Waals surface area contributed by atoms with Crippen LogP contribution in [-0.4, -0.2) is 11.3 Å². The van der Waals surface area contributed by atoms with E-state index in [2.05, 4.69) is 41.7 Å². The second-order valence-electron chi connectivity index (χ2n) is 6.10. The maximum absolute atomic E-state index is 10.1. The molecule has 1 N–H and O–H groups in total. The maximum Gasteiger partial charge on any atom is 0.138 e. The van der Waals surface area contributed by atoms with Gasteiger partial charge in [0.25, 0.3) is 0 Å². The lowest BCUT2D eigenvalue weighted by atomic mass is 9.86. The molecule has 0 heterocycles. The first-order chi connectivity index (χ1) is 9.88. The summed E-state index contributed by atoms with van der Waals surface area (Å²) >= 11 is 3.41. The molecule has 0 radical (unpaired) electrons. The van der Waals surface area contributed by atoms with Crippen molar-refractivity contribution in [2.24, 2.45) is 4.99 Å². The van der Waals surface area contributed by atoms with Crippen LogP contribution in [0.4, 0.5) is 0 Å². The van der Waals surface area contributed by atoms with E-state index in [1.165, 1.54) is 0 Å². The summed E-state index contributed by atoms with van der Waals surface area (Å²) in [6, 6.07) is 14.0. The van der Waals surface area contributed by atoms with Crippen molar-refractivity contribution >= 4 is 22.1 Å². The first-order valence-corrected chi connectivity index (χ1v) is 7.74. The molecule has 110 valence electrons. The summed E-state index contributed by atoms with van der Waals surface area (Å²) in [5.41, 5.74) is 3.08. The molecule has 0 aliphatic heterocycles. The molecule has 0 aromatic heterocycles. The second-order valence-corrected chi connectivity index (χ2v) is 6.96. The fourth-order valence-corrected chi connectivity index (χ4v) is 2.46. The van der Waals surface area contributed by atoms with Crippen LogP contribution in [-0.2, 0) is 12.0 Å². The minimum atomic E-state index is 0.0260. The molecule has 0 saturated carbocycles. The van der Waals surface area contributed by atoms with E-state index in [1.807, 2.05) is 42.5 Å². The van der Waals surface area contributed by atoms with Crippen LogP contribution in [0.15, 0.2) is 51.9 Å². The van der Waals surface area contributed by atoms with Gasteiger partial charge in [-0.1, -0.05) is 51.1 Å². The Kier molecular flexibility index (Phi) is 4.84. The molecule has 0 aliphatic carbocycles. The summed E-state index contributed by atoms with van der Waals surface area (Å²) in [7, 11) is 0. The summed E-state index contributed by atoms with van der Waals surface area (Å²) in [6.07, 6.45) is 1.74. The Hall–Kier alpha value is -1.61. The van der Waals surface area contributed by atoms with Crippen molar-refractivity contribution in [3.05, 3.63) is 63.6 Å². The molecule has 2 aromatic carbocycles. The quantitative estimate of drug-likeness (QED) is 0.773. The number of nitrogens with zero attached hydrogens (tertiary/aromatic N) is 1. The zero-order chi connectivity index (χ0) is 15.5. The van der Waals surface area contributed by atoms with Gasteiger partial charge in [0.2, 0.25) is 0 Å². The van der Waals surface area contributed by atoms with Crippen molar-refractivity contribution in [1.29, 1.82) is 0 Å². The van der Waals surface area contributed by atoms with Gasteiger partial charge in [0.05, 0.1) is 11.0 Å². The van der Waals surface area contributed by atoms with E-state index in [-0.39, 0.29) is 11.2 Å². The summed E-state index contributed by atoms with van der Waals surface area (Å²) in [5.74, 6) is 0.236. The number of phenols is 1. The number of aromatic hydroxyl groups is 1. The third kappa shape index (κ3) is 4.18. The summed E-state index contributed by atoms with van der Waals surface area (Å²) in [5, 5.41) is 10.1. The molecular formula is C18H20BrNO. The largest absolute Gasteiger partial charge is 0.506 e. The van der Waals surface area contributed by atoms with Crippen LogP contribution in [0, 0.1) is 0 Å². The highest BCUT2D eigenvalue weighted by Gasteiger charge is 2.17. The van der Waals surface area contributed by atoms with Gasteiger partial charge in [-0.15, -0.1) is 0 Å². The average Bonchev–Trinajstić information content (AvgIpc) is 2.43. The van der Waals surface area contributed by atoms with Gasteiger partial charge in [0.15, 0.2) is 0 Å². The van der Waals surface area contributed by atoms with E-state index in [0.717, 1.165) is 16.7 Å². The number of halogens is 1. The van der Waals surface area contributed by atoms with E-state index >= 15 is 0 Å². The zero-order valence-corrected chi connectivity index (χ0v) is 14.2. The minimum absolute atomic E-state index is 0.0260. The Morgan fingerprint density at radius 2 is 1.81 bits per heavy atom. The summed E-state index contributed by atoms with van der Waals surface area (Å²) < 4.78 is 0.705. The molecule has 0 aliphatic rings. The Bertz CT molecular complexity index is 642. The number of hydrogen-bond acceptors (Lipinski definition) is 2. The van der Waals surface area contributed by atoms with Crippen LogP contribution in [0.2, 0.25) is 0 Å². The van der Waals surface area contributed by atoms with E-state index < -0.39 is 0 Å². The van der Waals surface area contributed by atoms with E-state index in [0.29, 0.717) is 11.0 Å². The smallest absolute Gasteiger partial charge is 0.138 e. The topological polar surface area (TPSA) is 32.6 Å². The average molecular weight is 346 g/mol. The molecular weight excluding hydrogens is 326 g/mol. The number of phenolic OH excluding ortho intramolecular Hbond substituents is 1. The van der Waals surface area contributed by atoms with Crippen LogP contribution < -0.4 is 0 Å². The second kappa shape index (κ2) is 6.44. The predicted octanol–water partition coefficient (Wildman–Crippen LogP) is 5.07. The van der Waals surface area contributed by atoms with Crippen molar-refractivity contribution in [3.63, 3.8) is 0 Å². The molecule has 2 rings (SSSR count). The molecule has 0 saturated heterocycles. The SMILES string of the molecule is CC(C)(C)c1cc(Br)c(O)c(C=NCc2ccccc2)c1. The van der Waals surface area contributed by atoms with Crippen molar-refractivity contribution in [2.45, 2.75) is 32.7 Å². The molecule has 0 spiro atoms. The van der Waals surface area contributed by atoms with Crippen LogP contribution in [0.25, 0.3) is 0 Å². The van der Waals surface area contributed by atoms with E-state index in [1.54, 1.807) is 6.21 Å². The van der Waals surface area contributed by atoms with Gasteiger partial charge < -0.3 is 5.11 Å². The lowest BCUT2D eigenvalue weighted by Crippen LogP contribution is -2.11. The van der Waals surface area contributed by atoms with Gasteiger partial charge in [0, 0.05) is 11.8 Å². The first kappa shape index (κ1) is 15.8. The Morgan fingerprint density at radius 1 is 1.14 bits per heavy atom. The molecule has 0 bridgehead atoms. The summed E-state index contributed by atoms with van der Waals surface area (Å²) in [4.78, 5) is 4.43. The van der Waals surface area contributed by atoms with Crippen molar-refractivity contribution in [3.8, 4) is 5.75 Å². The molecule has 0 fully saturated rings. The highest BCUT2D eigenvalue weighted by atomic mass is 79.9. The van der Waals surface area contributed by atoms with Crippen molar-refractivity contribution in [1.82, 2.24) is 0 Å². The highest BCUT2D eigenvalue weighted by molar-refractivity contribution is 9.10. The van der Waals surface area contributed by atoms with Gasteiger partial charge >= 0.3 is 0 Å². The lowest BCUT2D eigenvalue weighted by molar-refractivity contribution is 0.469. The van der Waals surface area contributed by atoms with Crippen LogP contribution >= 0.6 is 15.9 Å². The Balaban J connectivity index is 2.25. The van der Waals surface area contributed by atoms with Crippen LogP contribution in [0.5, 0.6) is 5.75 Å². The van der Waals surface area contributed by atoms with Gasteiger partial charge in [-0.05, 0) is 44.6 Å². The fourth-order valence-electron chi connectivity index (χ4n) is 1.98. The summed E-state index contributed by atoms with van der Waals surface area (Å²) in [6.45, 7) is 7.06. The van der Waals surface area contributed by atoms with Crippen LogP contribution in [0.3, 0.4) is 0 Å². The third-order valence-electron chi connectivity index (χ3n) is 3.31. The van der Waals surface area contributed by atoms with Gasteiger partial charge in [0.1, 0.15) is 5.75 Å². The number of aliphatic imine (C=N–C) groups is 1. The molecule has 0 unspecified atom stereocenters.